The summed E-state index contributed by atoms with van der Waals surface area (Å²) < 4.78 is 1.41. The second-order valence-corrected chi connectivity index (χ2v) is 7.05. The number of aryl methyl sites for hydroxylation is 1. The van der Waals surface area contributed by atoms with Gasteiger partial charge in [-0.3, -0.25) is 14.7 Å². The van der Waals surface area contributed by atoms with Crippen LogP contribution in [0, 0.1) is 0 Å². The Hall–Kier alpha value is -2.12. The molecule has 4 heterocycles. The fourth-order valence-corrected chi connectivity index (χ4v) is 4.11. The standard InChI is InChI=1S/C17H19N5OS/c1-2-15-20-22-16(23)10-12(19-17(22)24-15)11-21-9-5-7-14(21)13-6-3-4-8-18-13/h3-4,6,8,10,14H,2,5,7,9,11H2,1H3/t14-/m1/s1. The maximum atomic E-state index is 12.3. The maximum absolute atomic E-state index is 12.3. The first kappa shape index (κ1) is 15.4. The predicted molar refractivity (Wildman–Crippen MR) is 93.1 cm³/mol. The van der Waals surface area contributed by atoms with Crippen molar-refractivity contribution in [2.75, 3.05) is 6.54 Å². The van der Waals surface area contributed by atoms with Crippen LogP contribution in [0.4, 0.5) is 0 Å². The number of pyridine rings is 1. The van der Waals surface area contributed by atoms with Gasteiger partial charge in [0.05, 0.1) is 17.4 Å². The topological polar surface area (TPSA) is 63.4 Å². The highest BCUT2D eigenvalue weighted by atomic mass is 32.1. The molecule has 0 aliphatic carbocycles. The summed E-state index contributed by atoms with van der Waals surface area (Å²) >= 11 is 1.49. The van der Waals surface area contributed by atoms with Crippen molar-refractivity contribution in [3.63, 3.8) is 0 Å². The Morgan fingerprint density at radius 3 is 3.08 bits per heavy atom. The van der Waals surface area contributed by atoms with Gasteiger partial charge in [-0.1, -0.05) is 24.3 Å². The van der Waals surface area contributed by atoms with E-state index in [9.17, 15) is 4.79 Å². The van der Waals surface area contributed by atoms with Gasteiger partial charge in [-0.15, -0.1) is 0 Å². The zero-order chi connectivity index (χ0) is 16.5. The van der Waals surface area contributed by atoms with Gasteiger partial charge in [0, 0.05) is 18.8 Å². The van der Waals surface area contributed by atoms with E-state index in [1.54, 1.807) is 6.07 Å². The van der Waals surface area contributed by atoms with Gasteiger partial charge in [0.15, 0.2) is 0 Å². The zero-order valence-corrected chi connectivity index (χ0v) is 14.4. The summed E-state index contributed by atoms with van der Waals surface area (Å²) in [5, 5.41) is 5.24. The Morgan fingerprint density at radius 1 is 1.38 bits per heavy atom. The zero-order valence-electron chi connectivity index (χ0n) is 13.6. The summed E-state index contributed by atoms with van der Waals surface area (Å²) in [6.07, 6.45) is 4.89. The van der Waals surface area contributed by atoms with Gasteiger partial charge in [-0.05, 0) is 37.9 Å². The second kappa shape index (κ2) is 6.41. The Morgan fingerprint density at radius 2 is 2.29 bits per heavy atom. The molecule has 0 amide bonds. The average Bonchev–Trinajstić information content (AvgIpc) is 3.22. The molecule has 0 radical (unpaired) electrons. The van der Waals surface area contributed by atoms with Crippen LogP contribution in [0.5, 0.6) is 0 Å². The van der Waals surface area contributed by atoms with Gasteiger partial charge in [-0.25, -0.2) is 4.98 Å². The molecule has 0 unspecified atom stereocenters. The molecule has 6 nitrogen and oxygen atoms in total. The van der Waals surface area contributed by atoms with Crippen molar-refractivity contribution < 1.29 is 0 Å². The van der Waals surface area contributed by atoms with Crippen molar-refractivity contribution in [2.24, 2.45) is 0 Å². The van der Waals surface area contributed by atoms with Gasteiger partial charge in [0.1, 0.15) is 5.01 Å². The van der Waals surface area contributed by atoms with Crippen LogP contribution in [0.15, 0.2) is 35.3 Å². The highest BCUT2D eigenvalue weighted by Gasteiger charge is 2.27. The molecule has 7 heteroatoms. The number of nitrogens with zero attached hydrogens (tertiary/aromatic N) is 5. The first-order valence-electron chi connectivity index (χ1n) is 8.28. The highest BCUT2D eigenvalue weighted by molar-refractivity contribution is 7.16. The van der Waals surface area contributed by atoms with Crippen LogP contribution in [0.25, 0.3) is 4.96 Å². The van der Waals surface area contributed by atoms with Crippen LogP contribution < -0.4 is 5.56 Å². The molecule has 124 valence electrons. The number of hydrogen-bond donors (Lipinski definition) is 0. The Balaban J connectivity index is 1.62. The molecule has 24 heavy (non-hydrogen) atoms. The third-order valence-electron chi connectivity index (χ3n) is 4.40. The smallest absolute Gasteiger partial charge is 0.275 e. The summed E-state index contributed by atoms with van der Waals surface area (Å²) in [6.45, 7) is 3.71. The van der Waals surface area contributed by atoms with E-state index in [2.05, 4.69) is 26.0 Å². The van der Waals surface area contributed by atoms with Crippen molar-refractivity contribution in [3.05, 3.63) is 57.2 Å². The molecule has 0 aromatic carbocycles. The molecular formula is C17H19N5OS. The van der Waals surface area contributed by atoms with Crippen LogP contribution in [-0.2, 0) is 13.0 Å². The number of hydrogen-bond acceptors (Lipinski definition) is 6. The highest BCUT2D eigenvalue weighted by Crippen LogP contribution is 2.31. The van der Waals surface area contributed by atoms with Crippen molar-refractivity contribution in [2.45, 2.75) is 38.8 Å². The van der Waals surface area contributed by atoms with Gasteiger partial charge in [0.25, 0.3) is 5.56 Å². The third-order valence-corrected chi connectivity index (χ3v) is 5.45. The van der Waals surface area contributed by atoms with Crippen LogP contribution in [0.1, 0.15) is 42.2 Å². The summed E-state index contributed by atoms with van der Waals surface area (Å²) in [5.74, 6) is 0. The third kappa shape index (κ3) is 2.85. The Kier molecular flexibility index (Phi) is 4.12. The second-order valence-electron chi connectivity index (χ2n) is 6.01. The molecule has 0 saturated carbocycles. The maximum Gasteiger partial charge on any atom is 0.275 e. The van der Waals surface area contributed by atoms with Gasteiger partial charge in [-0.2, -0.15) is 9.61 Å². The van der Waals surface area contributed by atoms with Crippen molar-refractivity contribution >= 4 is 16.3 Å². The van der Waals surface area contributed by atoms with E-state index in [1.165, 1.54) is 15.9 Å². The van der Waals surface area contributed by atoms with Gasteiger partial charge < -0.3 is 0 Å². The van der Waals surface area contributed by atoms with E-state index < -0.39 is 0 Å². The van der Waals surface area contributed by atoms with Crippen LogP contribution in [0.2, 0.25) is 0 Å². The number of rotatable bonds is 4. The summed E-state index contributed by atoms with van der Waals surface area (Å²) in [4.78, 5) is 24.5. The van der Waals surface area contributed by atoms with Crippen molar-refractivity contribution in [1.29, 1.82) is 0 Å². The van der Waals surface area contributed by atoms with E-state index in [-0.39, 0.29) is 5.56 Å². The van der Waals surface area contributed by atoms with E-state index in [1.807, 2.05) is 25.3 Å². The van der Waals surface area contributed by atoms with E-state index in [4.69, 9.17) is 0 Å². The normalized spacial score (nSPS) is 18.5. The first-order chi connectivity index (χ1) is 11.7. The number of fused-ring (bicyclic) bond motifs is 1. The largest absolute Gasteiger partial charge is 0.289 e. The summed E-state index contributed by atoms with van der Waals surface area (Å²) in [7, 11) is 0. The lowest BCUT2D eigenvalue weighted by Crippen LogP contribution is -2.25. The summed E-state index contributed by atoms with van der Waals surface area (Å²) in [6, 6.07) is 7.96. The lowest BCUT2D eigenvalue weighted by Gasteiger charge is -2.23. The van der Waals surface area contributed by atoms with Crippen LogP contribution in [-0.4, -0.2) is 31.0 Å². The quantitative estimate of drug-likeness (QED) is 0.729. The molecule has 0 N–H and O–H groups in total. The molecule has 4 rings (SSSR count). The van der Waals surface area contributed by atoms with Gasteiger partial charge in [0.2, 0.25) is 4.96 Å². The molecule has 1 fully saturated rings. The van der Waals surface area contributed by atoms with Gasteiger partial charge >= 0.3 is 0 Å². The molecule has 1 aliphatic rings. The first-order valence-corrected chi connectivity index (χ1v) is 9.10. The van der Waals surface area contributed by atoms with Crippen molar-refractivity contribution in [3.8, 4) is 0 Å². The van der Waals surface area contributed by atoms with Crippen LogP contribution >= 0.6 is 11.3 Å². The molecule has 0 bridgehead atoms. The van der Waals surface area contributed by atoms with E-state index >= 15 is 0 Å². The fourth-order valence-electron chi connectivity index (χ4n) is 3.25. The SMILES string of the molecule is CCc1nn2c(=O)cc(CN3CCC[C@@H]3c3ccccn3)nc2s1. The lowest BCUT2D eigenvalue weighted by atomic mass is 10.1. The molecule has 0 spiro atoms. The number of likely N-dealkylation sites (tertiary alicyclic amines) is 1. The molecular weight excluding hydrogens is 322 g/mol. The number of aromatic nitrogens is 4. The molecule has 1 saturated heterocycles. The Labute approximate surface area is 143 Å². The summed E-state index contributed by atoms with van der Waals surface area (Å²) in [5.41, 5.74) is 1.81. The van der Waals surface area contributed by atoms with E-state index in [0.29, 0.717) is 17.5 Å². The molecule has 3 aromatic rings. The minimum Gasteiger partial charge on any atom is -0.289 e. The molecule has 1 aliphatic heterocycles. The Bertz CT molecular complexity index is 904. The average molecular weight is 341 g/mol. The molecule has 3 aromatic heterocycles. The van der Waals surface area contributed by atoms with Crippen LogP contribution in [0.3, 0.4) is 0 Å². The minimum absolute atomic E-state index is 0.0977. The fraction of sp³-hybridized carbons (Fsp3) is 0.412. The lowest BCUT2D eigenvalue weighted by molar-refractivity contribution is 0.241. The van der Waals surface area contributed by atoms with E-state index in [0.717, 1.165) is 42.2 Å². The predicted octanol–water partition coefficient (Wildman–Crippen LogP) is 2.45. The minimum atomic E-state index is -0.0977. The molecule has 1 atom stereocenters. The monoisotopic (exact) mass is 341 g/mol. The van der Waals surface area contributed by atoms with Crippen molar-refractivity contribution in [1.82, 2.24) is 24.5 Å².